The molecule has 1 fully saturated rings. The Bertz CT molecular complexity index is 246. The summed E-state index contributed by atoms with van der Waals surface area (Å²) in [6, 6.07) is 0.0186. The van der Waals surface area contributed by atoms with Gasteiger partial charge in [-0.15, -0.1) is 0 Å². The molecule has 1 saturated heterocycles. The minimum absolute atomic E-state index is 0.00667. The zero-order valence-corrected chi connectivity index (χ0v) is 9.91. The van der Waals surface area contributed by atoms with E-state index in [1.807, 2.05) is 13.8 Å². The van der Waals surface area contributed by atoms with Gasteiger partial charge in [0.05, 0.1) is 12.5 Å². The lowest BCUT2D eigenvalue weighted by atomic mass is 9.98. The first kappa shape index (κ1) is 13.0. The highest BCUT2D eigenvalue weighted by Crippen LogP contribution is 2.10. The third-order valence-electron chi connectivity index (χ3n) is 2.60. The van der Waals surface area contributed by atoms with Crippen LogP contribution in [-0.2, 0) is 14.3 Å². The molecule has 1 aliphatic heterocycles. The van der Waals surface area contributed by atoms with Crippen LogP contribution in [0.25, 0.3) is 0 Å². The molecule has 1 rings (SSSR count). The van der Waals surface area contributed by atoms with E-state index in [0.29, 0.717) is 32.6 Å². The second kappa shape index (κ2) is 6.48. The Kier molecular flexibility index (Phi) is 5.25. The van der Waals surface area contributed by atoms with Gasteiger partial charge in [0.15, 0.2) is 0 Å². The van der Waals surface area contributed by atoms with Crippen molar-refractivity contribution >= 4 is 11.8 Å². The lowest BCUT2D eigenvalue weighted by Crippen LogP contribution is -2.46. The van der Waals surface area contributed by atoms with Gasteiger partial charge >= 0.3 is 0 Å². The molecule has 2 amide bonds. The summed E-state index contributed by atoms with van der Waals surface area (Å²) in [5, 5.41) is 5.58. The van der Waals surface area contributed by atoms with E-state index in [1.165, 1.54) is 0 Å². The second-order valence-corrected chi connectivity index (χ2v) is 4.11. The maximum Gasteiger partial charge on any atom is 0.225 e. The van der Waals surface area contributed by atoms with E-state index in [2.05, 4.69) is 10.6 Å². The second-order valence-electron chi connectivity index (χ2n) is 4.11. The number of hydrogen-bond acceptors (Lipinski definition) is 3. The Hall–Kier alpha value is -1.10. The molecule has 0 aromatic carbocycles. The number of piperidine rings is 1. The molecule has 2 N–H and O–H groups in total. The normalized spacial score (nSPS) is 22.4. The molecule has 0 radical (unpaired) electrons. The van der Waals surface area contributed by atoms with Gasteiger partial charge in [-0.05, 0) is 20.3 Å². The minimum atomic E-state index is -0.0956. The van der Waals surface area contributed by atoms with Crippen molar-refractivity contribution in [3.8, 4) is 0 Å². The average Bonchev–Trinajstić information content (AvgIpc) is 2.27. The summed E-state index contributed by atoms with van der Waals surface area (Å²) in [6.07, 6.45) is 1.08. The van der Waals surface area contributed by atoms with Crippen LogP contribution in [0.4, 0.5) is 0 Å². The number of carbonyl (C=O) groups is 2. The summed E-state index contributed by atoms with van der Waals surface area (Å²) in [4.78, 5) is 22.7. The highest BCUT2D eigenvalue weighted by Gasteiger charge is 2.24. The Morgan fingerprint density at radius 1 is 1.69 bits per heavy atom. The lowest BCUT2D eigenvalue weighted by Gasteiger charge is -2.23. The molecule has 2 unspecified atom stereocenters. The smallest absolute Gasteiger partial charge is 0.225 e. The number of amides is 2. The van der Waals surface area contributed by atoms with Gasteiger partial charge in [-0.3, -0.25) is 9.59 Å². The van der Waals surface area contributed by atoms with E-state index < -0.39 is 0 Å². The van der Waals surface area contributed by atoms with Gasteiger partial charge in [-0.25, -0.2) is 0 Å². The maximum absolute atomic E-state index is 11.8. The molecular weight excluding hydrogens is 208 g/mol. The van der Waals surface area contributed by atoms with E-state index in [9.17, 15) is 9.59 Å². The van der Waals surface area contributed by atoms with Gasteiger partial charge in [0.2, 0.25) is 11.8 Å². The highest BCUT2D eigenvalue weighted by molar-refractivity contribution is 5.83. The molecule has 0 saturated carbocycles. The maximum atomic E-state index is 11.8. The molecule has 0 aliphatic carbocycles. The lowest BCUT2D eigenvalue weighted by molar-refractivity contribution is -0.129. The molecule has 1 heterocycles. The van der Waals surface area contributed by atoms with Crippen molar-refractivity contribution in [1.82, 2.24) is 10.6 Å². The number of ether oxygens (including phenoxy) is 1. The van der Waals surface area contributed by atoms with Gasteiger partial charge < -0.3 is 15.4 Å². The molecular formula is C11H20N2O3. The summed E-state index contributed by atoms with van der Waals surface area (Å²) in [6.45, 7) is 5.47. The fraction of sp³-hybridized carbons (Fsp3) is 0.818. The summed E-state index contributed by atoms with van der Waals surface area (Å²) >= 11 is 0. The van der Waals surface area contributed by atoms with Crippen LogP contribution in [0.15, 0.2) is 0 Å². The highest BCUT2D eigenvalue weighted by atomic mass is 16.5. The molecule has 5 nitrogen and oxygen atoms in total. The fourth-order valence-corrected chi connectivity index (χ4v) is 1.65. The number of rotatable bonds is 5. The van der Waals surface area contributed by atoms with Crippen molar-refractivity contribution in [2.75, 3.05) is 19.8 Å². The van der Waals surface area contributed by atoms with E-state index in [-0.39, 0.29) is 23.8 Å². The monoisotopic (exact) mass is 228 g/mol. The molecule has 0 spiro atoms. The first-order valence-electron chi connectivity index (χ1n) is 5.78. The fourth-order valence-electron chi connectivity index (χ4n) is 1.65. The van der Waals surface area contributed by atoms with Crippen molar-refractivity contribution < 1.29 is 14.3 Å². The summed E-state index contributed by atoms with van der Waals surface area (Å²) in [7, 11) is 0. The average molecular weight is 228 g/mol. The van der Waals surface area contributed by atoms with Crippen LogP contribution in [0.3, 0.4) is 0 Å². The predicted molar refractivity (Wildman–Crippen MR) is 59.8 cm³/mol. The molecule has 0 aromatic rings. The molecule has 2 atom stereocenters. The summed E-state index contributed by atoms with van der Waals surface area (Å²) in [5.74, 6) is -0.0552. The van der Waals surface area contributed by atoms with E-state index in [0.717, 1.165) is 0 Å². The van der Waals surface area contributed by atoms with Gasteiger partial charge in [0.1, 0.15) is 0 Å². The third kappa shape index (κ3) is 4.18. The van der Waals surface area contributed by atoms with Crippen molar-refractivity contribution in [2.24, 2.45) is 5.92 Å². The van der Waals surface area contributed by atoms with Crippen LogP contribution >= 0.6 is 0 Å². The van der Waals surface area contributed by atoms with Crippen LogP contribution in [0.2, 0.25) is 0 Å². The van der Waals surface area contributed by atoms with Crippen molar-refractivity contribution in [2.45, 2.75) is 32.7 Å². The number of hydrogen-bond donors (Lipinski definition) is 2. The quantitative estimate of drug-likeness (QED) is 0.699. The zero-order valence-electron chi connectivity index (χ0n) is 9.91. The number of carbonyl (C=O) groups excluding carboxylic acids is 2. The van der Waals surface area contributed by atoms with Gasteiger partial charge in [-0.1, -0.05) is 0 Å². The van der Waals surface area contributed by atoms with Crippen LogP contribution in [0.1, 0.15) is 26.7 Å². The van der Waals surface area contributed by atoms with Gasteiger partial charge in [0, 0.05) is 25.6 Å². The van der Waals surface area contributed by atoms with Crippen molar-refractivity contribution in [3.63, 3.8) is 0 Å². The summed E-state index contributed by atoms with van der Waals surface area (Å²) in [5.41, 5.74) is 0. The third-order valence-corrected chi connectivity index (χ3v) is 2.60. The van der Waals surface area contributed by atoms with Crippen molar-refractivity contribution in [1.29, 1.82) is 0 Å². The van der Waals surface area contributed by atoms with Crippen LogP contribution in [0, 0.1) is 5.92 Å². The largest absolute Gasteiger partial charge is 0.380 e. The van der Waals surface area contributed by atoms with Crippen LogP contribution in [0.5, 0.6) is 0 Å². The van der Waals surface area contributed by atoms with Gasteiger partial charge in [-0.2, -0.15) is 0 Å². The van der Waals surface area contributed by atoms with E-state index in [1.54, 1.807) is 0 Å². The standard InChI is InChI=1S/C11H20N2O3/c1-3-16-7-8(2)13-11(15)9-4-5-10(14)12-6-9/h8-9H,3-7H2,1-2H3,(H,12,14)(H,13,15). The first-order valence-corrected chi connectivity index (χ1v) is 5.78. The Morgan fingerprint density at radius 3 is 3.00 bits per heavy atom. The number of nitrogens with one attached hydrogen (secondary N) is 2. The molecule has 0 bridgehead atoms. The Labute approximate surface area is 95.9 Å². The topological polar surface area (TPSA) is 67.4 Å². The van der Waals surface area contributed by atoms with E-state index >= 15 is 0 Å². The Morgan fingerprint density at radius 2 is 2.44 bits per heavy atom. The predicted octanol–water partition coefficient (Wildman–Crippen LogP) is 0.0538. The van der Waals surface area contributed by atoms with Crippen molar-refractivity contribution in [3.05, 3.63) is 0 Å². The van der Waals surface area contributed by atoms with Gasteiger partial charge in [0.25, 0.3) is 0 Å². The first-order chi connectivity index (χ1) is 7.63. The zero-order chi connectivity index (χ0) is 12.0. The molecule has 5 heteroatoms. The molecule has 92 valence electrons. The Balaban J connectivity index is 2.26. The summed E-state index contributed by atoms with van der Waals surface area (Å²) < 4.78 is 5.22. The van der Waals surface area contributed by atoms with E-state index in [4.69, 9.17) is 4.74 Å². The minimum Gasteiger partial charge on any atom is -0.380 e. The molecule has 1 aliphatic rings. The SMILES string of the molecule is CCOCC(C)NC(=O)C1CCC(=O)NC1. The van der Waals surface area contributed by atoms with Crippen LogP contribution < -0.4 is 10.6 Å². The molecule has 16 heavy (non-hydrogen) atoms. The van der Waals surface area contributed by atoms with Crippen LogP contribution in [-0.4, -0.2) is 37.6 Å². The molecule has 0 aromatic heterocycles.